The third kappa shape index (κ3) is 1.42. The molecule has 3 N–H and O–H groups in total. The Balaban J connectivity index is 2.01. The van der Waals surface area contributed by atoms with E-state index in [0.29, 0.717) is 5.82 Å². The summed E-state index contributed by atoms with van der Waals surface area (Å²) in [5.41, 5.74) is -0.523. The normalized spacial score (nSPS) is 18.6. The Labute approximate surface area is 82.3 Å². The van der Waals surface area contributed by atoms with Gasteiger partial charge in [-0.3, -0.25) is 4.79 Å². The maximum Gasteiger partial charge on any atom is 0.234 e. The van der Waals surface area contributed by atoms with Crippen molar-refractivity contribution in [2.45, 2.75) is 19.3 Å². The summed E-state index contributed by atoms with van der Waals surface area (Å²) in [5, 5.41) is 11.9. The highest BCUT2D eigenvalue weighted by molar-refractivity contribution is 5.95. The Hall–Kier alpha value is -1.29. The Morgan fingerprint density at radius 3 is 2.86 bits per heavy atom. The number of rotatable bonds is 3. The third-order valence-corrected chi connectivity index (χ3v) is 2.94. The maximum absolute atomic E-state index is 11.8. The monoisotopic (exact) mass is 194 g/mol. The smallest absolute Gasteiger partial charge is 0.234 e. The van der Waals surface area contributed by atoms with Crippen LogP contribution in [0.2, 0.25) is 0 Å². The Morgan fingerprint density at radius 2 is 2.43 bits per heavy atom. The van der Waals surface area contributed by atoms with Crippen LogP contribution in [-0.4, -0.2) is 22.6 Å². The average molecular weight is 194 g/mol. The number of aromatic amines is 1. The summed E-state index contributed by atoms with van der Waals surface area (Å²) in [6.07, 6.45) is 4.35. The molecular formula is C10H14N2O2. The minimum absolute atomic E-state index is 0.0560. The molecule has 1 aromatic rings. The first kappa shape index (κ1) is 9.27. The second-order valence-electron chi connectivity index (χ2n) is 3.83. The lowest BCUT2D eigenvalue weighted by molar-refractivity contribution is -0.133. The lowest BCUT2D eigenvalue weighted by atomic mass is 9.69. The second kappa shape index (κ2) is 3.46. The fourth-order valence-corrected chi connectivity index (χ4v) is 1.72. The number of nitrogens with one attached hydrogen (secondary N) is 2. The average Bonchev–Trinajstić information content (AvgIpc) is 2.55. The van der Waals surface area contributed by atoms with Gasteiger partial charge in [-0.15, -0.1) is 0 Å². The molecule has 0 atom stereocenters. The fraction of sp³-hybridized carbons (Fsp3) is 0.500. The van der Waals surface area contributed by atoms with Crippen LogP contribution in [0.3, 0.4) is 0 Å². The minimum Gasteiger partial charge on any atom is -0.395 e. The third-order valence-electron chi connectivity index (χ3n) is 2.94. The number of amides is 1. The number of H-pyrrole nitrogens is 1. The first-order valence-electron chi connectivity index (χ1n) is 4.83. The largest absolute Gasteiger partial charge is 0.395 e. The van der Waals surface area contributed by atoms with Crippen molar-refractivity contribution in [1.82, 2.24) is 4.98 Å². The molecule has 1 aliphatic carbocycles. The molecule has 76 valence electrons. The Morgan fingerprint density at radius 1 is 1.64 bits per heavy atom. The van der Waals surface area contributed by atoms with Crippen molar-refractivity contribution in [3.63, 3.8) is 0 Å². The van der Waals surface area contributed by atoms with Gasteiger partial charge in [0.05, 0.1) is 12.0 Å². The predicted molar refractivity (Wildman–Crippen MR) is 52.8 cm³/mol. The zero-order chi connectivity index (χ0) is 10.0. The van der Waals surface area contributed by atoms with Crippen molar-refractivity contribution in [3.8, 4) is 0 Å². The summed E-state index contributed by atoms with van der Waals surface area (Å²) >= 11 is 0. The highest BCUT2D eigenvalue weighted by Crippen LogP contribution is 2.41. The van der Waals surface area contributed by atoms with Crippen LogP contribution in [0.1, 0.15) is 19.3 Å². The van der Waals surface area contributed by atoms with E-state index < -0.39 is 5.41 Å². The van der Waals surface area contributed by atoms with Crippen LogP contribution < -0.4 is 5.32 Å². The van der Waals surface area contributed by atoms with E-state index in [2.05, 4.69) is 10.3 Å². The van der Waals surface area contributed by atoms with Gasteiger partial charge in [0, 0.05) is 6.20 Å². The van der Waals surface area contributed by atoms with Crippen molar-refractivity contribution in [2.24, 2.45) is 5.41 Å². The van der Waals surface area contributed by atoms with Gasteiger partial charge in [-0.05, 0) is 25.0 Å². The van der Waals surface area contributed by atoms with Crippen molar-refractivity contribution < 1.29 is 9.90 Å². The zero-order valence-corrected chi connectivity index (χ0v) is 7.92. The number of aromatic nitrogens is 1. The van der Waals surface area contributed by atoms with Crippen LogP contribution in [-0.2, 0) is 4.79 Å². The molecule has 0 unspecified atom stereocenters. The number of anilines is 1. The zero-order valence-electron chi connectivity index (χ0n) is 7.92. The molecule has 0 bridgehead atoms. The van der Waals surface area contributed by atoms with Gasteiger partial charge in [0.2, 0.25) is 5.91 Å². The van der Waals surface area contributed by atoms with Crippen molar-refractivity contribution in [3.05, 3.63) is 18.3 Å². The molecule has 1 fully saturated rings. The van der Waals surface area contributed by atoms with E-state index in [1.807, 2.05) is 6.07 Å². The molecule has 4 nitrogen and oxygen atoms in total. The first-order chi connectivity index (χ1) is 6.77. The van der Waals surface area contributed by atoms with Crippen molar-refractivity contribution >= 4 is 11.7 Å². The van der Waals surface area contributed by atoms with Gasteiger partial charge >= 0.3 is 0 Å². The van der Waals surface area contributed by atoms with Gasteiger partial charge in [-0.1, -0.05) is 6.42 Å². The molecule has 1 amide bonds. The van der Waals surface area contributed by atoms with Gasteiger partial charge in [0.25, 0.3) is 0 Å². The number of aliphatic hydroxyl groups excluding tert-OH is 1. The summed E-state index contributed by atoms with van der Waals surface area (Å²) < 4.78 is 0. The van der Waals surface area contributed by atoms with Crippen LogP contribution in [0.4, 0.5) is 5.82 Å². The van der Waals surface area contributed by atoms with Crippen LogP contribution in [0.5, 0.6) is 0 Å². The van der Waals surface area contributed by atoms with Gasteiger partial charge in [-0.25, -0.2) is 0 Å². The van der Waals surface area contributed by atoms with E-state index in [1.54, 1.807) is 12.3 Å². The summed E-state index contributed by atoms with van der Waals surface area (Å²) in [7, 11) is 0. The van der Waals surface area contributed by atoms with Crippen LogP contribution >= 0.6 is 0 Å². The Kier molecular flexibility index (Phi) is 2.29. The van der Waals surface area contributed by atoms with Crippen molar-refractivity contribution in [1.29, 1.82) is 0 Å². The molecule has 0 aromatic carbocycles. The van der Waals surface area contributed by atoms with Gasteiger partial charge in [0.1, 0.15) is 5.82 Å². The molecule has 0 spiro atoms. The molecule has 0 aliphatic heterocycles. The molecule has 1 heterocycles. The van der Waals surface area contributed by atoms with Gasteiger partial charge < -0.3 is 15.4 Å². The molecule has 1 aromatic heterocycles. The molecule has 0 radical (unpaired) electrons. The summed E-state index contributed by atoms with van der Waals surface area (Å²) in [4.78, 5) is 14.7. The fourth-order valence-electron chi connectivity index (χ4n) is 1.72. The highest BCUT2D eigenvalue weighted by Gasteiger charge is 2.43. The molecule has 1 saturated carbocycles. The van der Waals surface area contributed by atoms with Gasteiger partial charge in [-0.2, -0.15) is 0 Å². The predicted octanol–water partition coefficient (Wildman–Crippen LogP) is 1.12. The molecular weight excluding hydrogens is 180 g/mol. The summed E-state index contributed by atoms with van der Waals surface area (Å²) in [5.74, 6) is 0.614. The van der Waals surface area contributed by atoms with Crippen molar-refractivity contribution in [2.75, 3.05) is 11.9 Å². The number of carbonyl (C=O) groups excluding carboxylic acids is 1. The lowest BCUT2D eigenvalue weighted by Crippen LogP contribution is -2.44. The number of hydrogen-bond acceptors (Lipinski definition) is 2. The van der Waals surface area contributed by atoms with Crippen LogP contribution in [0.15, 0.2) is 18.3 Å². The van der Waals surface area contributed by atoms with E-state index >= 15 is 0 Å². The molecule has 14 heavy (non-hydrogen) atoms. The van der Waals surface area contributed by atoms with Gasteiger partial charge in [0.15, 0.2) is 0 Å². The van der Waals surface area contributed by atoms with Crippen LogP contribution in [0, 0.1) is 5.41 Å². The summed E-state index contributed by atoms with van der Waals surface area (Å²) in [6.45, 7) is -0.0560. The molecule has 0 saturated heterocycles. The minimum atomic E-state index is -0.523. The molecule has 1 aliphatic rings. The molecule has 2 rings (SSSR count). The quantitative estimate of drug-likeness (QED) is 0.675. The topological polar surface area (TPSA) is 65.1 Å². The standard InChI is InChI=1S/C10H14N2O2/c13-7-10(4-2-5-10)9(14)12-8-3-1-6-11-8/h1,3,6,11,13H,2,4-5,7H2,(H,12,14). The SMILES string of the molecule is O=C(Nc1ccc[nH]1)C1(CO)CCC1. The van der Waals surface area contributed by atoms with E-state index in [1.165, 1.54) is 0 Å². The second-order valence-corrected chi connectivity index (χ2v) is 3.83. The molecule has 4 heteroatoms. The van der Waals surface area contributed by atoms with E-state index in [9.17, 15) is 4.79 Å². The van der Waals surface area contributed by atoms with Crippen LogP contribution in [0.25, 0.3) is 0 Å². The number of aliphatic hydroxyl groups is 1. The van der Waals surface area contributed by atoms with E-state index in [4.69, 9.17) is 5.11 Å². The number of carbonyl (C=O) groups is 1. The lowest BCUT2D eigenvalue weighted by Gasteiger charge is -2.38. The number of hydrogen-bond donors (Lipinski definition) is 3. The van der Waals surface area contributed by atoms with E-state index in [0.717, 1.165) is 19.3 Å². The summed E-state index contributed by atoms with van der Waals surface area (Å²) in [6, 6.07) is 3.61. The van der Waals surface area contributed by atoms with E-state index in [-0.39, 0.29) is 12.5 Å². The Bertz CT molecular complexity index is 309. The first-order valence-corrected chi connectivity index (χ1v) is 4.83. The highest BCUT2D eigenvalue weighted by atomic mass is 16.3. The maximum atomic E-state index is 11.8.